The van der Waals surface area contributed by atoms with Crippen LogP contribution in [0, 0.1) is 0 Å². The smallest absolute Gasteiger partial charge is 0.251 e. The van der Waals surface area contributed by atoms with Gasteiger partial charge in [0.25, 0.3) is 5.91 Å². The molecule has 2 atom stereocenters. The third-order valence-electron chi connectivity index (χ3n) is 4.71. The molecule has 1 aliphatic heterocycles. The first kappa shape index (κ1) is 20.3. The van der Waals surface area contributed by atoms with E-state index >= 15 is 0 Å². The molecule has 1 fully saturated rings. The zero-order valence-corrected chi connectivity index (χ0v) is 17.3. The second kappa shape index (κ2) is 9.21. The number of ether oxygens (including phenoxy) is 1. The summed E-state index contributed by atoms with van der Waals surface area (Å²) in [5.74, 6) is 0.111. The van der Waals surface area contributed by atoms with Gasteiger partial charge in [0, 0.05) is 25.1 Å². The van der Waals surface area contributed by atoms with Crippen LogP contribution in [0.25, 0.3) is 10.6 Å². The van der Waals surface area contributed by atoms with Crippen molar-refractivity contribution < 1.29 is 14.3 Å². The van der Waals surface area contributed by atoms with Gasteiger partial charge in [-0.05, 0) is 23.9 Å². The molecule has 3 heterocycles. The van der Waals surface area contributed by atoms with Crippen LogP contribution in [0.1, 0.15) is 31.2 Å². The van der Waals surface area contributed by atoms with Crippen molar-refractivity contribution in [2.24, 2.45) is 0 Å². The van der Waals surface area contributed by atoms with E-state index in [1.807, 2.05) is 54.8 Å². The van der Waals surface area contributed by atoms with Crippen LogP contribution in [0.15, 0.2) is 53.9 Å². The number of rotatable bonds is 7. The van der Waals surface area contributed by atoms with Gasteiger partial charge in [0.05, 0.1) is 4.88 Å². The molecule has 3 N–H and O–H groups in total. The van der Waals surface area contributed by atoms with E-state index in [1.54, 1.807) is 22.1 Å². The summed E-state index contributed by atoms with van der Waals surface area (Å²) in [6, 6.07) is 15.3. The number of carbonyl (C=O) groups is 2. The minimum Gasteiger partial charge on any atom is -0.372 e. The lowest BCUT2D eigenvalue weighted by Gasteiger charge is -2.32. The van der Waals surface area contributed by atoms with Crippen LogP contribution in [0.3, 0.4) is 0 Å². The molecule has 30 heavy (non-hydrogen) atoms. The van der Waals surface area contributed by atoms with Gasteiger partial charge in [-0.25, -0.2) is 4.68 Å². The predicted molar refractivity (Wildman–Crippen MR) is 115 cm³/mol. The summed E-state index contributed by atoms with van der Waals surface area (Å²) in [5, 5.41) is 15.8. The zero-order valence-electron chi connectivity index (χ0n) is 16.5. The highest BCUT2D eigenvalue weighted by Crippen LogP contribution is 2.29. The average molecular weight is 426 g/mol. The molecule has 1 aromatic carbocycles. The summed E-state index contributed by atoms with van der Waals surface area (Å²) >= 11 is 1.55. The van der Waals surface area contributed by atoms with Gasteiger partial charge in [0.1, 0.15) is 18.1 Å². The first-order valence-electron chi connectivity index (χ1n) is 9.75. The summed E-state index contributed by atoms with van der Waals surface area (Å²) in [6.45, 7) is 2.23. The minimum atomic E-state index is -0.604. The molecule has 1 aliphatic rings. The molecule has 0 saturated carbocycles. The number of hydrogen-bond donors (Lipinski definition) is 3. The number of thiophene rings is 1. The van der Waals surface area contributed by atoms with Crippen LogP contribution in [0.2, 0.25) is 0 Å². The molecule has 0 aliphatic carbocycles. The van der Waals surface area contributed by atoms with E-state index in [9.17, 15) is 9.59 Å². The third kappa shape index (κ3) is 4.59. The van der Waals surface area contributed by atoms with Crippen LogP contribution in [-0.2, 0) is 14.3 Å². The molecule has 0 spiro atoms. The van der Waals surface area contributed by atoms with Crippen molar-refractivity contribution in [2.75, 3.05) is 18.5 Å². The normalized spacial score (nSPS) is 18.8. The van der Waals surface area contributed by atoms with E-state index < -0.39 is 6.29 Å². The van der Waals surface area contributed by atoms with Gasteiger partial charge in [-0.1, -0.05) is 36.4 Å². The Hall–Kier alpha value is -3.01. The molecule has 0 bridgehead atoms. The fraction of sp³-hybridized carbons (Fsp3) is 0.286. The SMILES string of the molecule is CCOCC(=O)Nc1cc(-c2cccs2)nn1C1NC(=O)CC(c2ccccc2)N1. The Kier molecular flexibility index (Phi) is 6.22. The monoisotopic (exact) mass is 425 g/mol. The number of benzene rings is 1. The summed E-state index contributed by atoms with van der Waals surface area (Å²) in [4.78, 5) is 25.7. The number of nitrogens with zero attached hydrogens (tertiary/aromatic N) is 2. The van der Waals surface area contributed by atoms with E-state index in [2.05, 4.69) is 21.0 Å². The maximum Gasteiger partial charge on any atom is 0.251 e. The fourth-order valence-corrected chi connectivity index (χ4v) is 4.00. The van der Waals surface area contributed by atoms with Crippen LogP contribution < -0.4 is 16.0 Å². The molecule has 2 amide bonds. The van der Waals surface area contributed by atoms with E-state index in [0.29, 0.717) is 18.8 Å². The maximum absolute atomic E-state index is 12.4. The highest BCUT2D eigenvalue weighted by Gasteiger charge is 2.30. The minimum absolute atomic E-state index is 0.0485. The lowest BCUT2D eigenvalue weighted by molar-refractivity contribution is -0.125. The van der Waals surface area contributed by atoms with Gasteiger partial charge < -0.3 is 15.4 Å². The molecular formula is C21H23N5O3S. The molecular weight excluding hydrogens is 402 g/mol. The maximum atomic E-state index is 12.4. The molecule has 0 radical (unpaired) electrons. The van der Waals surface area contributed by atoms with Crippen LogP contribution in [0.4, 0.5) is 5.82 Å². The Bertz CT molecular complexity index is 1000. The second-order valence-corrected chi connectivity index (χ2v) is 7.77. The van der Waals surface area contributed by atoms with Crippen LogP contribution in [-0.4, -0.2) is 34.8 Å². The van der Waals surface area contributed by atoms with E-state index in [4.69, 9.17) is 4.74 Å². The molecule has 8 nitrogen and oxygen atoms in total. The number of hydrogen-bond acceptors (Lipinski definition) is 6. The largest absolute Gasteiger partial charge is 0.372 e. The summed E-state index contributed by atoms with van der Waals surface area (Å²) < 4.78 is 6.80. The summed E-state index contributed by atoms with van der Waals surface area (Å²) in [6.07, 6.45) is -0.279. The third-order valence-corrected chi connectivity index (χ3v) is 5.60. The quantitative estimate of drug-likeness (QED) is 0.541. The molecule has 2 aromatic heterocycles. The lowest BCUT2D eigenvalue weighted by Crippen LogP contribution is -2.50. The van der Waals surface area contributed by atoms with Crippen molar-refractivity contribution in [3.05, 3.63) is 59.5 Å². The Morgan fingerprint density at radius 1 is 1.30 bits per heavy atom. The number of aromatic nitrogens is 2. The zero-order chi connectivity index (χ0) is 20.9. The van der Waals surface area contributed by atoms with Crippen LogP contribution in [0.5, 0.6) is 0 Å². The Morgan fingerprint density at radius 2 is 2.13 bits per heavy atom. The van der Waals surface area contributed by atoms with Crippen molar-refractivity contribution in [1.82, 2.24) is 20.4 Å². The Morgan fingerprint density at radius 3 is 2.87 bits per heavy atom. The number of anilines is 1. The van der Waals surface area contributed by atoms with Crippen molar-refractivity contribution >= 4 is 29.0 Å². The summed E-state index contributed by atoms with van der Waals surface area (Å²) in [5.41, 5.74) is 1.74. The summed E-state index contributed by atoms with van der Waals surface area (Å²) in [7, 11) is 0. The van der Waals surface area contributed by atoms with E-state index in [1.165, 1.54) is 0 Å². The molecule has 156 valence electrons. The van der Waals surface area contributed by atoms with Gasteiger partial charge in [0.2, 0.25) is 5.91 Å². The van der Waals surface area contributed by atoms with Crippen molar-refractivity contribution in [2.45, 2.75) is 25.7 Å². The van der Waals surface area contributed by atoms with Gasteiger partial charge in [0.15, 0.2) is 6.29 Å². The van der Waals surface area contributed by atoms with Gasteiger partial charge in [-0.2, -0.15) is 5.10 Å². The van der Waals surface area contributed by atoms with E-state index in [0.717, 1.165) is 16.1 Å². The predicted octanol–water partition coefficient (Wildman–Crippen LogP) is 2.89. The molecule has 3 aromatic rings. The van der Waals surface area contributed by atoms with Crippen molar-refractivity contribution in [3.63, 3.8) is 0 Å². The number of amides is 2. The fourth-order valence-electron chi connectivity index (χ4n) is 3.32. The number of nitrogens with one attached hydrogen (secondary N) is 3. The van der Waals surface area contributed by atoms with Crippen molar-refractivity contribution in [3.8, 4) is 10.6 Å². The van der Waals surface area contributed by atoms with Crippen LogP contribution >= 0.6 is 11.3 Å². The van der Waals surface area contributed by atoms with Gasteiger partial charge in [-0.15, -0.1) is 11.3 Å². The van der Waals surface area contributed by atoms with Crippen molar-refractivity contribution in [1.29, 1.82) is 0 Å². The van der Waals surface area contributed by atoms with E-state index in [-0.39, 0.29) is 24.5 Å². The molecule has 9 heteroatoms. The highest BCUT2D eigenvalue weighted by molar-refractivity contribution is 7.13. The molecule has 1 saturated heterocycles. The molecule has 2 unspecified atom stereocenters. The lowest BCUT2D eigenvalue weighted by atomic mass is 10.0. The highest BCUT2D eigenvalue weighted by atomic mass is 32.1. The van der Waals surface area contributed by atoms with Gasteiger partial charge in [-0.3, -0.25) is 14.9 Å². The first-order valence-corrected chi connectivity index (χ1v) is 10.6. The van der Waals surface area contributed by atoms with Gasteiger partial charge >= 0.3 is 0 Å². The Balaban J connectivity index is 1.63. The molecule has 4 rings (SSSR count). The average Bonchev–Trinajstić information content (AvgIpc) is 3.42. The first-order chi connectivity index (χ1) is 14.6. The Labute approximate surface area is 178 Å². The standard InChI is InChI=1S/C21H23N5O3S/c1-2-29-13-20(28)23-18-11-16(17-9-6-10-30-17)25-26(18)21-22-15(12-19(27)24-21)14-7-4-3-5-8-14/h3-11,15,21-22H,2,12-13H2,1H3,(H,23,28)(H,24,27). The topological polar surface area (TPSA) is 97.3 Å². The second-order valence-electron chi connectivity index (χ2n) is 6.83. The number of carbonyl (C=O) groups excluding carboxylic acids is 2.